The van der Waals surface area contributed by atoms with Gasteiger partial charge in [0.05, 0.1) is 0 Å². The third kappa shape index (κ3) is 6.06. The Bertz CT molecular complexity index is 690. The zero-order chi connectivity index (χ0) is 18.8. The summed E-state index contributed by atoms with van der Waals surface area (Å²) < 4.78 is 10.5. The predicted molar refractivity (Wildman–Crippen MR) is 102 cm³/mol. The Morgan fingerprint density at radius 1 is 0.692 bits per heavy atom. The lowest BCUT2D eigenvalue weighted by Gasteiger charge is -2.07. The fraction of sp³-hybridized carbons (Fsp3) is 0.182. The first kappa shape index (κ1) is 19.2. The minimum atomic E-state index is -0.278. The second-order valence-electron chi connectivity index (χ2n) is 5.65. The van der Waals surface area contributed by atoms with E-state index >= 15 is 0 Å². The molecular formula is C22H22O4. The molecule has 2 rings (SSSR count). The number of esters is 2. The second-order valence-corrected chi connectivity index (χ2v) is 5.65. The Labute approximate surface area is 153 Å². The molecule has 0 aliphatic heterocycles. The normalized spacial score (nSPS) is 10.0. The summed E-state index contributed by atoms with van der Waals surface area (Å²) in [6.07, 6.45) is 5.20. The van der Waals surface area contributed by atoms with E-state index < -0.39 is 0 Å². The zero-order valence-corrected chi connectivity index (χ0v) is 14.6. The summed E-state index contributed by atoms with van der Waals surface area (Å²) in [6.45, 7) is 7.16. The smallest absolute Gasteiger partial charge is 0.311 e. The number of allylic oxidation sites excluding steroid dienone is 2. The van der Waals surface area contributed by atoms with Crippen molar-refractivity contribution in [1.29, 1.82) is 0 Å². The summed E-state index contributed by atoms with van der Waals surface area (Å²) in [4.78, 5) is 23.2. The molecule has 0 aliphatic rings. The van der Waals surface area contributed by atoms with Crippen LogP contribution in [0.3, 0.4) is 0 Å². The van der Waals surface area contributed by atoms with Gasteiger partial charge >= 0.3 is 11.9 Å². The molecule has 134 valence electrons. The molecule has 2 aromatic rings. The third-order valence-corrected chi connectivity index (χ3v) is 3.61. The monoisotopic (exact) mass is 350 g/mol. The van der Waals surface area contributed by atoms with Crippen LogP contribution in [0.2, 0.25) is 0 Å². The lowest BCUT2D eigenvalue weighted by molar-refractivity contribution is -0.135. The van der Waals surface area contributed by atoms with Gasteiger partial charge in [-0.25, -0.2) is 0 Å². The molecule has 0 fully saturated rings. The Balaban J connectivity index is 1.96. The van der Waals surface area contributed by atoms with E-state index in [2.05, 4.69) is 13.2 Å². The van der Waals surface area contributed by atoms with Crippen molar-refractivity contribution in [3.8, 4) is 22.6 Å². The predicted octanol–water partition coefficient (Wildman–Crippen LogP) is 5.10. The molecule has 0 spiro atoms. The summed E-state index contributed by atoms with van der Waals surface area (Å²) >= 11 is 0. The molecule has 4 nitrogen and oxygen atoms in total. The molecule has 26 heavy (non-hydrogen) atoms. The van der Waals surface area contributed by atoms with Gasteiger partial charge in [0.15, 0.2) is 0 Å². The van der Waals surface area contributed by atoms with Gasteiger partial charge in [-0.3, -0.25) is 9.59 Å². The summed E-state index contributed by atoms with van der Waals surface area (Å²) in [5.74, 6) is 0.465. The number of hydrogen-bond acceptors (Lipinski definition) is 4. The third-order valence-electron chi connectivity index (χ3n) is 3.61. The van der Waals surface area contributed by atoms with Crippen LogP contribution in [0, 0.1) is 0 Å². The maximum atomic E-state index is 11.6. The van der Waals surface area contributed by atoms with Gasteiger partial charge in [-0.2, -0.15) is 0 Å². The number of carbonyl (C=O) groups is 2. The van der Waals surface area contributed by atoms with Crippen LogP contribution in [0.5, 0.6) is 11.5 Å². The average Bonchev–Trinajstić information content (AvgIpc) is 2.66. The first-order valence-corrected chi connectivity index (χ1v) is 8.46. The molecule has 0 N–H and O–H groups in total. The van der Waals surface area contributed by atoms with Crippen molar-refractivity contribution in [3.05, 3.63) is 73.8 Å². The largest absolute Gasteiger partial charge is 0.427 e. The van der Waals surface area contributed by atoms with Crippen molar-refractivity contribution in [1.82, 2.24) is 0 Å². The van der Waals surface area contributed by atoms with Crippen LogP contribution in [0.4, 0.5) is 0 Å². The van der Waals surface area contributed by atoms with Gasteiger partial charge in [-0.15, -0.1) is 13.2 Å². The maximum absolute atomic E-state index is 11.6. The Kier molecular flexibility index (Phi) is 7.37. The number of hydrogen-bond donors (Lipinski definition) is 0. The summed E-state index contributed by atoms with van der Waals surface area (Å²) in [7, 11) is 0. The van der Waals surface area contributed by atoms with Crippen molar-refractivity contribution in [2.45, 2.75) is 25.7 Å². The first-order valence-electron chi connectivity index (χ1n) is 8.46. The van der Waals surface area contributed by atoms with Crippen LogP contribution >= 0.6 is 0 Å². The van der Waals surface area contributed by atoms with E-state index in [1.807, 2.05) is 24.3 Å². The minimum Gasteiger partial charge on any atom is -0.427 e. The summed E-state index contributed by atoms with van der Waals surface area (Å²) in [5, 5.41) is 0. The number of ether oxygens (including phenoxy) is 2. The highest BCUT2D eigenvalue weighted by atomic mass is 16.5. The van der Waals surface area contributed by atoms with Gasteiger partial charge in [0, 0.05) is 12.8 Å². The molecule has 0 bridgehead atoms. The van der Waals surface area contributed by atoms with Gasteiger partial charge in [0.2, 0.25) is 0 Å². The molecule has 0 aromatic heterocycles. The molecule has 0 amide bonds. The van der Waals surface area contributed by atoms with E-state index in [1.165, 1.54) is 0 Å². The molecule has 0 heterocycles. The van der Waals surface area contributed by atoms with Gasteiger partial charge in [-0.05, 0) is 48.2 Å². The number of carbonyl (C=O) groups excluding carboxylic acids is 2. The summed E-state index contributed by atoms with van der Waals surface area (Å²) in [6, 6.07) is 14.5. The van der Waals surface area contributed by atoms with Crippen molar-refractivity contribution < 1.29 is 19.1 Å². The standard InChI is InChI=1S/C22H22O4/c1-3-5-7-21(23)25-19-13-9-17(10-14-19)18-11-15-20(16-12-18)26-22(24)8-6-4-2/h3-4,9-16H,1-2,5-8H2. The van der Waals surface area contributed by atoms with Gasteiger partial charge < -0.3 is 9.47 Å². The van der Waals surface area contributed by atoms with Crippen molar-refractivity contribution in [3.63, 3.8) is 0 Å². The summed E-state index contributed by atoms with van der Waals surface area (Å²) in [5.41, 5.74) is 1.95. The zero-order valence-electron chi connectivity index (χ0n) is 14.6. The minimum absolute atomic E-state index is 0.278. The molecule has 2 aromatic carbocycles. The molecule has 0 saturated carbocycles. The van der Waals surface area contributed by atoms with Crippen LogP contribution in [0.15, 0.2) is 73.8 Å². The quantitative estimate of drug-likeness (QED) is 0.359. The van der Waals surface area contributed by atoms with E-state index in [1.54, 1.807) is 36.4 Å². The van der Waals surface area contributed by atoms with Crippen molar-refractivity contribution >= 4 is 11.9 Å². The van der Waals surface area contributed by atoms with Crippen LogP contribution in [-0.4, -0.2) is 11.9 Å². The highest BCUT2D eigenvalue weighted by molar-refractivity contribution is 5.74. The Morgan fingerprint density at radius 3 is 1.35 bits per heavy atom. The fourth-order valence-electron chi connectivity index (χ4n) is 2.24. The Hall–Kier alpha value is -3.14. The van der Waals surface area contributed by atoms with E-state index in [9.17, 15) is 9.59 Å². The van der Waals surface area contributed by atoms with Gasteiger partial charge in [-0.1, -0.05) is 36.4 Å². The van der Waals surface area contributed by atoms with E-state index in [0.29, 0.717) is 37.2 Å². The van der Waals surface area contributed by atoms with E-state index in [4.69, 9.17) is 9.47 Å². The lowest BCUT2D eigenvalue weighted by Crippen LogP contribution is -2.07. The highest BCUT2D eigenvalue weighted by Crippen LogP contribution is 2.25. The first-order chi connectivity index (χ1) is 12.6. The topological polar surface area (TPSA) is 52.6 Å². The van der Waals surface area contributed by atoms with Crippen LogP contribution < -0.4 is 9.47 Å². The average molecular weight is 350 g/mol. The fourth-order valence-corrected chi connectivity index (χ4v) is 2.24. The number of benzene rings is 2. The molecule has 0 saturated heterocycles. The molecule has 0 radical (unpaired) electrons. The van der Waals surface area contributed by atoms with Crippen LogP contribution in [0.1, 0.15) is 25.7 Å². The molecule has 0 unspecified atom stereocenters. The van der Waals surface area contributed by atoms with Crippen molar-refractivity contribution in [2.75, 3.05) is 0 Å². The molecule has 0 atom stereocenters. The van der Waals surface area contributed by atoms with Gasteiger partial charge in [0.25, 0.3) is 0 Å². The molecule has 4 heteroatoms. The Morgan fingerprint density at radius 2 is 1.04 bits per heavy atom. The van der Waals surface area contributed by atoms with Crippen LogP contribution in [-0.2, 0) is 9.59 Å². The lowest BCUT2D eigenvalue weighted by atomic mass is 10.1. The molecule has 0 aliphatic carbocycles. The maximum Gasteiger partial charge on any atom is 0.311 e. The number of rotatable bonds is 9. The van der Waals surface area contributed by atoms with E-state index in [0.717, 1.165) is 11.1 Å². The SMILES string of the molecule is C=CCCC(=O)Oc1ccc(-c2ccc(OC(=O)CCC=C)cc2)cc1. The highest BCUT2D eigenvalue weighted by Gasteiger charge is 2.06. The van der Waals surface area contributed by atoms with Crippen LogP contribution in [0.25, 0.3) is 11.1 Å². The van der Waals surface area contributed by atoms with Gasteiger partial charge in [0.1, 0.15) is 11.5 Å². The van der Waals surface area contributed by atoms with Crippen molar-refractivity contribution in [2.24, 2.45) is 0 Å². The van der Waals surface area contributed by atoms with E-state index in [-0.39, 0.29) is 11.9 Å². The second kappa shape index (κ2) is 9.99. The molecular weight excluding hydrogens is 328 g/mol.